The number of alkyl halides is 3. The molecule has 0 aliphatic carbocycles. The zero-order valence-corrected chi connectivity index (χ0v) is 21.5. The summed E-state index contributed by atoms with van der Waals surface area (Å²) in [5.74, 6) is 0.278. The molecular weight excluding hydrogens is 509 g/mol. The Morgan fingerprint density at radius 1 is 1.21 bits per heavy atom. The number of nitriles is 1. The number of carbonyl (C=O) groups excluding carboxylic acids is 1. The number of ether oxygens (including phenoxy) is 1. The summed E-state index contributed by atoms with van der Waals surface area (Å²) < 4.78 is 45.1. The van der Waals surface area contributed by atoms with Crippen LogP contribution < -0.4 is 20.7 Å². The van der Waals surface area contributed by atoms with Gasteiger partial charge in [-0.3, -0.25) is 9.78 Å². The lowest BCUT2D eigenvalue weighted by Crippen LogP contribution is -2.52. The number of pyridine rings is 2. The van der Waals surface area contributed by atoms with Crippen molar-refractivity contribution >= 4 is 11.6 Å². The summed E-state index contributed by atoms with van der Waals surface area (Å²) in [6.07, 6.45) is -0.488. The molecule has 1 saturated heterocycles. The van der Waals surface area contributed by atoms with Crippen LogP contribution in [0.3, 0.4) is 0 Å². The Morgan fingerprint density at radius 3 is 2.59 bits per heavy atom. The Morgan fingerprint density at radius 2 is 1.97 bits per heavy atom. The number of aromatic nitrogens is 2. The predicted molar refractivity (Wildman–Crippen MR) is 140 cm³/mol. The zero-order valence-electron chi connectivity index (χ0n) is 21.5. The summed E-state index contributed by atoms with van der Waals surface area (Å²) in [6, 6.07) is 12.4. The van der Waals surface area contributed by atoms with E-state index >= 15 is 0 Å². The van der Waals surface area contributed by atoms with Crippen molar-refractivity contribution in [3.05, 3.63) is 71.5 Å². The predicted octanol–water partition coefficient (Wildman–Crippen LogP) is 4.05. The van der Waals surface area contributed by atoms with E-state index in [4.69, 9.17) is 10.5 Å². The van der Waals surface area contributed by atoms with Crippen molar-refractivity contribution < 1.29 is 22.7 Å². The number of nitrogens with two attached hydrogens (primary N) is 1. The van der Waals surface area contributed by atoms with Crippen LogP contribution >= 0.6 is 0 Å². The lowest BCUT2D eigenvalue weighted by atomic mass is 9.72. The summed E-state index contributed by atoms with van der Waals surface area (Å²) in [6.45, 7) is 3.62. The van der Waals surface area contributed by atoms with E-state index in [-0.39, 0.29) is 18.0 Å². The van der Waals surface area contributed by atoms with Crippen LogP contribution in [0, 0.1) is 11.3 Å². The minimum absolute atomic E-state index is 0.0579. The fourth-order valence-electron chi connectivity index (χ4n) is 4.88. The van der Waals surface area contributed by atoms with Crippen molar-refractivity contribution in [3.8, 4) is 23.2 Å². The Balaban J connectivity index is 1.63. The molecule has 3 aromatic rings. The number of rotatable bonds is 8. The number of halogens is 3. The number of hydrogen-bond donors (Lipinski definition) is 2. The lowest BCUT2D eigenvalue weighted by Gasteiger charge is -2.42. The zero-order chi connectivity index (χ0) is 28.0. The highest BCUT2D eigenvalue weighted by Gasteiger charge is 2.43. The first kappa shape index (κ1) is 27.9. The number of hydrogen-bond acceptors (Lipinski definition) is 7. The monoisotopic (exact) mass is 538 g/mol. The van der Waals surface area contributed by atoms with Crippen molar-refractivity contribution in [2.24, 2.45) is 5.73 Å². The van der Waals surface area contributed by atoms with Crippen molar-refractivity contribution in [1.29, 1.82) is 5.26 Å². The van der Waals surface area contributed by atoms with Gasteiger partial charge in [0.1, 0.15) is 6.07 Å². The molecule has 0 unspecified atom stereocenters. The summed E-state index contributed by atoms with van der Waals surface area (Å²) in [5, 5.41) is 12.4. The SMILES string of the molecule is CCOc1ncccc1-c1ccc(C2(C(=O)NCCN)CCN(c3ccc(C(F)(F)F)cc3C#N)CC2)cn1. The largest absolute Gasteiger partial charge is 0.477 e. The molecule has 0 atom stereocenters. The first-order valence-corrected chi connectivity index (χ1v) is 12.6. The molecule has 1 fully saturated rings. The molecule has 3 heterocycles. The Bertz CT molecular complexity index is 1350. The van der Waals surface area contributed by atoms with Gasteiger partial charge in [-0.1, -0.05) is 6.07 Å². The second-order valence-corrected chi connectivity index (χ2v) is 9.18. The molecular formula is C28H29F3N6O2. The van der Waals surface area contributed by atoms with Crippen LogP contribution in [0.5, 0.6) is 5.88 Å². The molecule has 4 rings (SSSR count). The molecule has 8 nitrogen and oxygen atoms in total. The van der Waals surface area contributed by atoms with Gasteiger partial charge in [-0.25, -0.2) is 4.98 Å². The summed E-state index contributed by atoms with van der Waals surface area (Å²) in [4.78, 5) is 24.2. The van der Waals surface area contributed by atoms with Crippen LogP contribution in [-0.4, -0.2) is 48.7 Å². The number of carbonyl (C=O) groups is 1. The number of nitrogens with one attached hydrogen (secondary N) is 1. The molecule has 11 heteroatoms. The van der Waals surface area contributed by atoms with Crippen molar-refractivity contribution in [2.45, 2.75) is 31.4 Å². The topological polar surface area (TPSA) is 117 Å². The minimum atomic E-state index is -4.54. The van der Waals surface area contributed by atoms with Gasteiger partial charge in [-0.2, -0.15) is 18.4 Å². The van der Waals surface area contributed by atoms with Crippen LogP contribution in [0.1, 0.15) is 36.5 Å². The maximum atomic E-state index is 13.5. The van der Waals surface area contributed by atoms with Crippen molar-refractivity contribution in [1.82, 2.24) is 15.3 Å². The average molecular weight is 539 g/mol. The summed E-state index contributed by atoms with van der Waals surface area (Å²) in [7, 11) is 0. The van der Waals surface area contributed by atoms with Gasteiger partial charge in [0.25, 0.3) is 0 Å². The van der Waals surface area contributed by atoms with Gasteiger partial charge in [0.2, 0.25) is 11.8 Å². The molecule has 0 saturated carbocycles. The van der Waals surface area contributed by atoms with Crippen molar-refractivity contribution in [3.63, 3.8) is 0 Å². The molecule has 1 amide bonds. The van der Waals surface area contributed by atoms with Crippen molar-refractivity contribution in [2.75, 3.05) is 37.7 Å². The van der Waals surface area contributed by atoms with Gasteiger partial charge >= 0.3 is 6.18 Å². The number of amides is 1. The molecule has 3 N–H and O–H groups in total. The van der Waals surface area contributed by atoms with Gasteiger partial charge in [-0.15, -0.1) is 0 Å². The average Bonchev–Trinajstić information content (AvgIpc) is 2.95. The third-order valence-electron chi connectivity index (χ3n) is 6.91. The van der Waals surface area contributed by atoms with Gasteiger partial charge < -0.3 is 20.7 Å². The summed E-state index contributed by atoms with van der Waals surface area (Å²) in [5.41, 5.74) is 6.27. The fourth-order valence-corrected chi connectivity index (χ4v) is 4.88. The highest BCUT2D eigenvalue weighted by atomic mass is 19.4. The van der Waals surface area contributed by atoms with Gasteiger partial charge in [0.05, 0.1) is 40.1 Å². The second kappa shape index (κ2) is 11.7. The minimum Gasteiger partial charge on any atom is -0.477 e. The maximum absolute atomic E-state index is 13.5. The molecule has 204 valence electrons. The van der Waals surface area contributed by atoms with E-state index < -0.39 is 17.2 Å². The maximum Gasteiger partial charge on any atom is 0.416 e. The standard InChI is InChI=1S/C28H29F3N6O2/c1-2-39-25-22(4-3-12-34-25)23-7-5-21(18-36-23)27(26(38)35-13-11-32)9-14-37(15-10-27)24-8-6-20(28(29,30)31)16-19(24)17-33/h3-8,12,16,18H,2,9-11,13-15,32H2,1H3,(H,35,38). The van der Waals surface area contributed by atoms with E-state index in [9.17, 15) is 23.2 Å². The molecule has 1 aromatic carbocycles. The molecule has 39 heavy (non-hydrogen) atoms. The Kier molecular flexibility index (Phi) is 8.35. The molecule has 0 bridgehead atoms. The fraction of sp³-hybridized carbons (Fsp3) is 0.357. The Labute approximate surface area is 224 Å². The normalized spacial score (nSPS) is 14.9. The third kappa shape index (κ3) is 5.81. The van der Waals surface area contributed by atoms with E-state index in [2.05, 4.69) is 15.3 Å². The highest BCUT2D eigenvalue weighted by Crippen LogP contribution is 2.40. The number of nitrogens with zero attached hydrogens (tertiary/aromatic N) is 4. The summed E-state index contributed by atoms with van der Waals surface area (Å²) >= 11 is 0. The number of benzene rings is 1. The van der Waals surface area contributed by atoms with E-state index in [0.717, 1.165) is 23.3 Å². The number of piperidine rings is 1. The Hall–Kier alpha value is -4.17. The smallest absolute Gasteiger partial charge is 0.416 e. The lowest BCUT2D eigenvalue weighted by molar-refractivity contribution is -0.137. The number of anilines is 1. The third-order valence-corrected chi connectivity index (χ3v) is 6.91. The molecule has 0 spiro atoms. The van der Waals surface area contributed by atoms with Crippen LogP contribution in [0.2, 0.25) is 0 Å². The van der Waals surface area contributed by atoms with Gasteiger partial charge in [-0.05, 0) is 61.7 Å². The molecule has 2 aromatic heterocycles. The molecule has 1 aliphatic rings. The van der Waals surface area contributed by atoms with Gasteiger partial charge in [0.15, 0.2) is 0 Å². The van der Waals surface area contributed by atoms with Crippen LogP contribution in [-0.2, 0) is 16.4 Å². The van der Waals surface area contributed by atoms with Crippen LogP contribution in [0.25, 0.3) is 11.3 Å². The first-order chi connectivity index (χ1) is 18.7. The van der Waals surface area contributed by atoms with E-state index in [1.165, 1.54) is 6.07 Å². The molecule has 0 radical (unpaired) electrons. The van der Waals surface area contributed by atoms with E-state index in [1.807, 2.05) is 36.1 Å². The highest BCUT2D eigenvalue weighted by molar-refractivity contribution is 5.89. The van der Waals surface area contributed by atoms with Crippen LogP contribution in [0.15, 0.2) is 54.9 Å². The van der Waals surface area contributed by atoms with Crippen LogP contribution in [0.4, 0.5) is 18.9 Å². The first-order valence-electron chi connectivity index (χ1n) is 12.6. The second-order valence-electron chi connectivity index (χ2n) is 9.18. The van der Waals surface area contributed by atoms with Gasteiger partial charge in [0, 0.05) is 38.6 Å². The van der Waals surface area contributed by atoms with E-state index in [0.29, 0.717) is 56.3 Å². The van der Waals surface area contributed by atoms with E-state index in [1.54, 1.807) is 18.5 Å². The molecule has 1 aliphatic heterocycles. The quantitative estimate of drug-likeness (QED) is 0.445.